The van der Waals surface area contributed by atoms with Crippen molar-refractivity contribution >= 4 is 26.0 Å². The van der Waals surface area contributed by atoms with Gasteiger partial charge < -0.3 is 0 Å². The Balaban J connectivity index is 2.61. The second kappa shape index (κ2) is 10.2. The SMILES string of the molecule is CCC[CH2][Sn]([CH2]CCC)([C](=O)c1ccccc1C)[C](=O)c1ccccc1C. The molecule has 0 atom stereocenters. The molecule has 0 fully saturated rings. The molecule has 0 amide bonds. The van der Waals surface area contributed by atoms with E-state index in [2.05, 4.69) is 13.8 Å². The van der Waals surface area contributed by atoms with E-state index in [1.165, 1.54) is 0 Å². The molecule has 0 heterocycles. The van der Waals surface area contributed by atoms with E-state index in [0.717, 1.165) is 56.8 Å². The fourth-order valence-electron chi connectivity index (χ4n) is 3.81. The van der Waals surface area contributed by atoms with Crippen LogP contribution in [0, 0.1) is 13.8 Å². The second-order valence-electron chi connectivity index (χ2n) is 7.58. The van der Waals surface area contributed by atoms with Crippen molar-refractivity contribution in [2.75, 3.05) is 0 Å². The molecular formula is C24H32O2Sn. The number of aryl methyl sites for hydroxylation is 2. The molecule has 0 spiro atoms. The number of rotatable bonds is 10. The van der Waals surface area contributed by atoms with Crippen LogP contribution in [0.2, 0.25) is 8.87 Å². The molecule has 0 bridgehead atoms. The minimum absolute atomic E-state index is 0.206. The van der Waals surface area contributed by atoms with Crippen molar-refractivity contribution in [3.8, 4) is 0 Å². The van der Waals surface area contributed by atoms with Crippen LogP contribution in [0.25, 0.3) is 0 Å². The van der Waals surface area contributed by atoms with Gasteiger partial charge in [0.2, 0.25) is 0 Å². The standard InChI is InChI=1S/2C8H7O.2C4H9.Sn/c2*1-7-4-2-3-5-8(7)6-9;2*1-3-4-2;/h2*2-5H,1H3;2*1,3-4H2,2H3;. The van der Waals surface area contributed by atoms with Crippen molar-refractivity contribution in [2.24, 2.45) is 0 Å². The topological polar surface area (TPSA) is 34.1 Å². The summed E-state index contributed by atoms with van der Waals surface area (Å²) in [5, 5.41) is 0. The van der Waals surface area contributed by atoms with Crippen molar-refractivity contribution in [3.63, 3.8) is 0 Å². The summed E-state index contributed by atoms with van der Waals surface area (Å²) in [4.78, 5) is 27.8. The summed E-state index contributed by atoms with van der Waals surface area (Å²) in [5.41, 5.74) is 3.55. The third kappa shape index (κ3) is 4.90. The van der Waals surface area contributed by atoms with Crippen molar-refractivity contribution in [1.82, 2.24) is 0 Å². The molecule has 0 aliphatic rings. The third-order valence-electron chi connectivity index (χ3n) is 5.56. The number of unbranched alkanes of at least 4 members (excludes halogenated alkanes) is 2. The van der Waals surface area contributed by atoms with Gasteiger partial charge in [-0.15, -0.1) is 0 Å². The maximum atomic E-state index is 13.9. The van der Waals surface area contributed by atoms with Gasteiger partial charge in [-0.1, -0.05) is 0 Å². The predicted octanol–water partition coefficient (Wildman–Crippen LogP) is 6.50. The molecule has 0 N–H and O–H groups in total. The van der Waals surface area contributed by atoms with Crippen LogP contribution in [0.4, 0.5) is 0 Å². The Kier molecular flexibility index (Phi) is 8.27. The van der Waals surface area contributed by atoms with Crippen LogP contribution in [0.1, 0.15) is 71.4 Å². The Morgan fingerprint density at radius 1 is 0.704 bits per heavy atom. The molecule has 2 aromatic rings. The van der Waals surface area contributed by atoms with E-state index >= 15 is 0 Å². The van der Waals surface area contributed by atoms with Crippen LogP contribution >= 0.6 is 0 Å². The van der Waals surface area contributed by atoms with Crippen LogP contribution in [0.3, 0.4) is 0 Å². The number of hydrogen-bond donors (Lipinski definition) is 0. The van der Waals surface area contributed by atoms with Gasteiger partial charge in [0.1, 0.15) is 0 Å². The maximum absolute atomic E-state index is 13.9. The Labute approximate surface area is 168 Å². The average Bonchev–Trinajstić information content (AvgIpc) is 2.68. The van der Waals surface area contributed by atoms with Crippen LogP contribution in [-0.2, 0) is 0 Å². The first kappa shape index (κ1) is 21.9. The Hall–Kier alpha value is -1.42. The molecule has 3 heteroatoms. The zero-order valence-electron chi connectivity index (χ0n) is 17.2. The molecular weight excluding hydrogens is 439 g/mol. The van der Waals surface area contributed by atoms with Crippen molar-refractivity contribution < 1.29 is 9.59 Å². The minimum atomic E-state index is -3.84. The van der Waals surface area contributed by atoms with Crippen LogP contribution in [-0.4, -0.2) is 26.0 Å². The van der Waals surface area contributed by atoms with Crippen LogP contribution in [0.5, 0.6) is 0 Å². The van der Waals surface area contributed by atoms with E-state index in [1.54, 1.807) is 0 Å². The van der Waals surface area contributed by atoms with E-state index in [-0.39, 0.29) is 7.60 Å². The molecule has 0 unspecified atom stereocenters. The first-order valence-electron chi connectivity index (χ1n) is 10.2. The number of hydrogen-bond acceptors (Lipinski definition) is 2. The summed E-state index contributed by atoms with van der Waals surface area (Å²) >= 11 is -3.84. The van der Waals surface area contributed by atoms with E-state index in [4.69, 9.17) is 0 Å². The van der Waals surface area contributed by atoms with Gasteiger partial charge in [-0.2, -0.15) is 0 Å². The molecule has 0 aliphatic carbocycles. The summed E-state index contributed by atoms with van der Waals surface area (Å²) in [7, 11) is 0. The van der Waals surface area contributed by atoms with Crippen molar-refractivity contribution in [1.29, 1.82) is 0 Å². The van der Waals surface area contributed by atoms with Gasteiger partial charge in [0, 0.05) is 0 Å². The number of benzene rings is 2. The Morgan fingerprint density at radius 3 is 1.41 bits per heavy atom. The summed E-state index contributed by atoms with van der Waals surface area (Å²) in [6, 6.07) is 15.6. The van der Waals surface area contributed by atoms with E-state index < -0.39 is 18.4 Å². The van der Waals surface area contributed by atoms with Gasteiger partial charge in [0.15, 0.2) is 0 Å². The Bertz CT molecular complexity index is 727. The number of carbonyl (C=O) groups is 2. The van der Waals surface area contributed by atoms with E-state index in [1.807, 2.05) is 62.4 Å². The summed E-state index contributed by atoms with van der Waals surface area (Å²) in [6.45, 7) is 8.27. The molecule has 27 heavy (non-hydrogen) atoms. The van der Waals surface area contributed by atoms with Crippen molar-refractivity contribution in [2.45, 2.75) is 62.3 Å². The van der Waals surface area contributed by atoms with Crippen LogP contribution in [0.15, 0.2) is 48.5 Å². The second-order valence-corrected chi connectivity index (χ2v) is 19.2. The first-order valence-corrected chi connectivity index (χ1v) is 17.1. The normalized spacial score (nSPS) is 11.4. The van der Waals surface area contributed by atoms with Gasteiger partial charge >= 0.3 is 169 Å². The molecule has 0 saturated heterocycles. The molecule has 144 valence electrons. The van der Waals surface area contributed by atoms with Gasteiger partial charge in [0.05, 0.1) is 0 Å². The van der Waals surface area contributed by atoms with Crippen molar-refractivity contribution in [3.05, 3.63) is 70.8 Å². The number of carbonyl (C=O) groups excluding carboxylic acids is 2. The molecule has 2 aromatic carbocycles. The zero-order valence-corrected chi connectivity index (χ0v) is 20.0. The summed E-state index contributed by atoms with van der Waals surface area (Å²) in [6.07, 6.45) is 3.98. The molecule has 0 radical (unpaired) electrons. The monoisotopic (exact) mass is 472 g/mol. The molecule has 0 aliphatic heterocycles. The fourth-order valence-corrected chi connectivity index (χ4v) is 17.7. The van der Waals surface area contributed by atoms with E-state index in [9.17, 15) is 9.59 Å². The Morgan fingerprint density at radius 2 is 1.07 bits per heavy atom. The average molecular weight is 471 g/mol. The zero-order chi connectivity index (χ0) is 19.9. The quantitative estimate of drug-likeness (QED) is 0.371. The predicted molar refractivity (Wildman–Crippen MR) is 116 cm³/mol. The van der Waals surface area contributed by atoms with Gasteiger partial charge in [0.25, 0.3) is 0 Å². The summed E-state index contributed by atoms with van der Waals surface area (Å²) in [5.74, 6) is 0. The fraction of sp³-hybridized carbons (Fsp3) is 0.417. The molecule has 0 saturated carbocycles. The van der Waals surface area contributed by atoms with E-state index in [0.29, 0.717) is 0 Å². The molecule has 0 aromatic heterocycles. The van der Waals surface area contributed by atoms with Gasteiger partial charge in [-0.05, 0) is 0 Å². The van der Waals surface area contributed by atoms with Gasteiger partial charge in [-0.3, -0.25) is 0 Å². The van der Waals surface area contributed by atoms with Crippen LogP contribution < -0.4 is 0 Å². The molecule has 2 rings (SSSR count). The first-order chi connectivity index (χ1) is 13.0. The molecule has 2 nitrogen and oxygen atoms in total. The summed E-state index contributed by atoms with van der Waals surface area (Å²) < 4.78 is 2.06. The van der Waals surface area contributed by atoms with Gasteiger partial charge in [-0.25, -0.2) is 0 Å². The third-order valence-corrected chi connectivity index (χ3v) is 19.0.